The lowest BCUT2D eigenvalue weighted by molar-refractivity contribution is -0.123. The minimum atomic E-state index is -0.471. The minimum Gasteiger partial charge on any atom is -0.490 e. The molecule has 2 amide bonds. The topological polar surface area (TPSA) is 88.7 Å². The molecule has 32 heavy (non-hydrogen) atoms. The maximum absolute atomic E-state index is 12.6. The van der Waals surface area contributed by atoms with Crippen LogP contribution in [0.2, 0.25) is 0 Å². The summed E-state index contributed by atoms with van der Waals surface area (Å²) in [6.45, 7) is 3.51. The zero-order chi connectivity index (χ0) is 23.1. The van der Waals surface area contributed by atoms with Gasteiger partial charge in [0.25, 0.3) is 11.8 Å². The van der Waals surface area contributed by atoms with Gasteiger partial charge in [-0.2, -0.15) is 0 Å². The molecule has 9 heteroatoms. The second-order valence-corrected chi connectivity index (χ2v) is 8.39. The van der Waals surface area contributed by atoms with E-state index in [1.807, 2.05) is 50.2 Å². The molecule has 0 bridgehead atoms. The summed E-state index contributed by atoms with van der Waals surface area (Å²) in [4.78, 5) is 24.7. The number of hydrogen-bond acceptors (Lipinski definition) is 5. The first-order chi connectivity index (χ1) is 15.3. The molecule has 0 atom stereocenters. The smallest absolute Gasteiger partial charge is 0.276 e. The molecule has 0 aliphatic rings. The molecule has 3 aromatic rings. The van der Waals surface area contributed by atoms with Gasteiger partial charge in [0.2, 0.25) is 0 Å². The number of carbonyl (C=O) groups is 2. The van der Waals surface area contributed by atoms with Gasteiger partial charge in [-0.3, -0.25) is 25.8 Å². The maximum atomic E-state index is 12.6. The molecule has 3 rings (SSSR count). The van der Waals surface area contributed by atoms with E-state index in [1.54, 1.807) is 24.3 Å². The predicted octanol–water partition coefficient (Wildman–Crippen LogP) is 4.10. The fourth-order valence-corrected chi connectivity index (χ4v) is 3.31. The van der Waals surface area contributed by atoms with E-state index in [-0.39, 0.29) is 17.8 Å². The summed E-state index contributed by atoms with van der Waals surface area (Å²) in [5.41, 5.74) is 5.19. The van der Waals surface area contributed by atoms with Crippen LogP contribution in [0.4, 0.5) is 0 Å². The van der Waals surface area contributed by atoms with E-state index in [0.717, 1.165) is 15.2 Å². The van der Waals surface area contributed by atoms with Crippen LogP contribution in [0.3, 0.4) is 0 Å². The molecule has 0 saturated carbocycles. The molecule has 0 saturated heterocycles. The molecule has 166 valence electrons. The number of nitrogens with one attached hydrogen (secondary N) is 3. The number of hydrazine groups is 1. The quantitative estimate of drug-likeness (QED) is 0.338. The summed E-state index contributed by atoms with van der Waals surface area (Å²) in [5, 5.41) is 4.54. The van der Waals surface area contributed by atoms with Gasteiger partial charge in [-0.1, -0.05) is 46.3 Å². The third kappa shape index (κ3) is 6.66. The van der Waals surface area contributed by atoms with E-state index < -0.39 is 11.8 Å². The van der Waals surface area contributed by atoms with Crippen LogP contribution < -0.4 is 25.6 Å². The van der Waals surface area contributed by atoms with Crippen molar-refractivity contribution >= 4 is 55.8 Å². The average Bonchev–Trinajstić information content (AvgIpc) is 2.77. The molecule has 7 nitrogen and oxygen atoms in total. The third-order valence-electron chi connectivity index (χ3n) is 4.18. The SMILES string of the molecule is CC(C)Oc1ccc(Br)cc1C(=O)NC(=S)NNC(=O)COc1ccc2ccccc2c1. The lowest BCUT2D eigenvalue weighted by atomic mass is 10.1. The van der Waals surface area contributed by atoms with Crippen molar-refractivity contribution in [2.45, 2.75) is 20.0 Å². The monoisotopic (exact) mass is 515 g/mol. The highest BCUT2D eigenvalue weighted by Crippen LogP contribution is 2.24. The summed E-state index contributed by atoms with van der Waals surface area (Å²) in [6, 6.07) is 18.5. The Morgan fingerprint density at radius 3 is 2.50 bits per heavy atom. The zero-order valence-corrected chi connectivity index (χ0v) is 19.9. The highest BCUT2D eigenvalue weighted by molar-refractivity contribution is 9.10. The van der Waals surface area contributed by atoms with Crippen LogP contribution in [0, 0.1) is 0 Å². The first-order valence-electron chi connectivity index (χ1n) is 9.80. The van der Waals surface area contributed by atoms with E-state index >= 15 is 0 Å². The second kappa shape index (κ2) is 10.9. The van der Waals surface area contributed by atoms with Gasteiger partial charge in [-0.05, 0) is 67.2 Å². The first kappa shape index (κ1) is 23.5. The van der Waals surface area contributed by atoms with Crippen LogP contribution in [-0.4, -0.2) is 29.6 Å². The second-order valence-electron chi connectivity index (χ2n) is 7.06. The fraction of sp³-hybridized carbons (Fsp3) is 0.174. The van der Waals surface area contributed by atoms with Gasteiger partial charge in [0, 0.05) is 4.47 Å². The maximum Gasteiger partial charge on any atom is 0.276 e. The predicted molar refractivity (Wildman–Crippen MR) is 131 cm³/mol. The number of hydrogen-bond donors (Lipinski definition) is 3. The normalized spacial score (nSPS) is 10.5. The van der Waals surface area contributed by atoms with E-state index in [2.05, 4.69) is 32.1 Å². The fourth-order valence-electron chi connectivity index (χ4n) is 2.81. The van der Waals surface area contributed by atoms with Gasteiger partial charge in [0.05, 0.1) is 11.7 Å². The van der Waals surface area contributed by atoms with E-state index in [1.165, 1.54) is 0 Å². The average molecular weight is 516 g/mol. The zero-order valence-electron chi connectivity index (χ0n) is 17.5. The summed E-state index contributed by atoms with van der Waals surface area (Å²) >= 11 is 8.43. The summed E-state index contributed by atoms with van der Waals surface area (Å²) < 4.78 is 11.9. The Hall–Kier alpha value is -3.17. The standard InChI is InChI=1S/C23H22BrN3O4S/c1-14(2)31-20-10-8-17(24)12-19(20)22(29)25-23(32)27-26-21(28)13-30-18-9-7-15-5-3-4-6-16(15)11-18/h3-12,14H,13H2,1-2H3,(H,26,28)(H2,25,27,29,32). The molecule has 0 spiro atoms. The van der Waals surface area contributed by atoms with Gasteiger partial charge in [-0.15, -0.1) is 0 Å². The Morgan fingerprint density at radius 2 is 1.75 bits per heavy atom. The molecule has 0 heterocycles. The number of ether oxygens (including phenoxy) is 2. The third-order valence-corrected chi connectivity index (χ3v) is 4.88. The molecule has 0 radical (unpaired) electrons. The molecular weight excluding hydrogens is 494 g/mol. The molecule has 0 fully saturated rings. The number of thiocarbonyl (C=S) groups is 1. The van der Waals surface area contributed by atoms with Gasteiger partial charge < -0.3 is 9.47 Å². The van der Waals surface area contributed by atoms with Crippen molar-refractivity contribution in [2.75, 3.05) is 6.61 Å². The summed E-state index contributed by atoms with van der Waals surface area (Å²) in [6.07, 6.45) is -0.102. The lowest BCUT2D eigenvalue weighted by Crippen LogP contribution is -2.49. The molecule has 0 aliphatic heterocycles. The number of fused-ring (bicyclic) bond motifs is 1. The number of benzene rings is 3. The van der Waals surface area contributed by atoms with Gasteiger partial charge in [0.15, 0.2) is 11.7 Å². The van der Waals surface area contributed by atoms with Crippen molar-refractivity contribution in [1.29, 1.82) is 0 Å². The molecule has 0 aromatic heterocycles. The van der Waals surface area contributed by atoms with Crippen LogP contribution in [0.5, 0.6) is 11.5 Å². The van der Waals surface area contributed by atoms with Crippen molar-refractivity contribution < 1.29 is 19.1 Å². The first-order valence-corrected chi connectivity index (χ1v) is 11.0. The molecule has 0 unspecified atom stereocenters. The number of halogens is 1. The van der Waals surface area contributed by atoms with Crippen LogP contribution >= 0.6 is 28.1 Å². The van der Waals surface area contributed by atoms with Crippen molar-refractivity contribution in [3.05, 3.63) is 70.7 Å². The van der Waals surface area contributed by atoms with E-state index in [0.29, 0.717) is 17.1 Å². The van der Waals surface area contributed by atoms with Crippen LogP contribution in [0.1, 0.15) is 24.2 Å². The Balaban J connectivity index is 1.49. The van der Waals surface area contributed by atoms with Crippen LogP contribution in [-0.2, 0) is 4.79 Å². The van der Waals surface area contributed by atoms with Crippen molar-refractivity contribution in [1.82, 2.24) is 16.2 Å². The van der Waals surface area contributed by atoms with E-state index in [9.17, 15) is 9.59 Å². The number of carbonyl (C=O) groups excluding carboxylic acids is 2. The van der Waals surface area contributed by atoms with Gasteiger partial charge >= 0.3 is 0 Å². The minimum absolute atomic E-state index is 0.0653. The van der Waals surface area contributed by atoms with Gasteiger partial charge in [-0.25, -0.2) is 0 Å². The van der Waals surface area contributed by atoms with E-state index in [4.69, 9.17) is 21.7 Å². The molecule has 0 aliphatic carbocycles. The van der Waals surface area contributed by atoms with Crippen LogP contribution in [0.25, 0.3) is 10.8 Å². The Labute approximate surface area is 199 Å². The number of amides is 2. The Bertz CT molecular complexity index is 1150. The molecule has 3 aromatic carbocycles. The van der Waals surface area contributed by atoms with Crippen LogP contribution in [0.15, 0.2) is 65.1 Å². The largest absolute Gasteiger partial charge is 0.490 e. The van der Waals surface area contributed by atoms with Crippen molar-refractivity contribution in [3.63, 3.8) is 0 Å². The molecule has 3 N–H and O–H groups in total. The summed E-state index contributed by atoms with van der Waals surface area (Å²) in [7, 11) is 0. The van der Waals surface area contributed by atoms with Gasteiger partial charge in [0.1, 0.15) is 11.5 Å². The Morgan fingerprint density at radius 1 is 1.00 bits per heavy atom. The highest BCUT2D eigenvalue weighted by atomic mass is 79.9. The summed E-state index contributed by atoms with van der Waals surface area (Å²) in [5.74, 6) is 0.0699. The van der Waals surface area contributed by atoms with Crippen molar-refractivity contribution in [2.24, 2.45) is 0 Å². The molecular formula is C23H22BrN3O4S. The van der Waals surface area contributed by atoms with Crippen molar-refractivity contribution in [3.8, 4) is 11.5 Å². The highest BCUT2D eigenvalue weighted by Gasteiger charge is 2.16. The lowest BCUT2D eigenvalue weighted by Gasteiger charge is -2.15. The Kier molecular flexibility index (Phi) is 8.02. The number of rotatable bonds is 6.